The van der Waals surface area contributed by atoms with Gasteiger partial charge in [-0.05, 0) is 31.4 Å². The molecule has 7 nitrogen and oxygen atoms in total. The van der Waals surface area contributed by atoms with Crippen molar-refractivity contribution in [1.82, 2.24) is 9.80 Å². The summed E-state index contributed by atoms with van der Waals surface area (Å²) >= 11 is 0. The molecule has 0 atom stereocenters. The third kappa shape index (κ3) is 4.74. The lowest BCUT2D eigenvalue weighted by Crippen LogP contribution is -2.49. The lowest BCUT2D eigenvalue weighted by molar-refractivity contribution is -0.385. The minimum Gasteiger partial charge on any atom is -0.369 e. The molecule has 27 heavy (non-hydrogen) atoms. The number of rotatable bonds is 5. The van der Waals surface area contributed by atoms with Crippen LogP contribution in [0.1, 0.15) is 26.2 Å². The Kier molecular flexibility index (Phi) is 6.26. The average Bonchev–Trinajstić information content (AvgIpc) is 2.68. The first-order valence-corrected chi connectivity index (χ1v) is 9.67. The molecule has 0 saturated carbocycles. The minimum atomic E-state index is -0.592. The Hall–Kier alpha value is -2.22. The van der Waals surface area contributed by atoms with Crippen molar-refractivity contribution in [3.8, 4) is 0 Å². The molecule has 0 aliphatic carbocycles. The zero-order valence-electron chi connectivity index (χ0n) is 15.8. The lowest BCUT2D eigenvalue weighted by Gasteiger charge is -2.37. The molecule has 0 N–H and O–H groups in total. The summed E-state index contributed by atoms with van der Waals surface area (Å²) in [4.78, 5) is 28.9. The third-order valence-electron chi connectivity index (χ3n) is 5.73. The molecule has 1 aromatic carbocycles. The molecule has 2 aliphatic rings. The van der Waals surface area contributed by atoms with Crippen molar-refractivity contribution in [3.63, 3.8) is 0 Å². The fourth-order valence-electron chi connectivity index (χ4n) is 3.93. The summed E-state index contributed by atoms with van der Waals surface area (Å²) in [5.74, 6) is -0.0164. The Morgan fingerprint density at radius 3 is 2.41 bits per heavy atom. The van der Waals surface area contributed by atoms with Crippen molar-refractivity contribution in [1.29, 1.82) is 0 Å². The maximum atomic E-state index is 14.2. The van der Waals surface area contributed by atoms with E-state index in [0.717, 1.165) is 51.6 Å². The molecule has 0 spiro atoms. The quantitative estimate of drug-likeness (QED) is 0.582. The van der Waals surface area contributed by atoms with Crippen LogP contribution in [0, 0.1) is 21.8 Å². The Bertz CT molecular complexity index is 684. The SMILES string of the molecule is CCN1CCN(C(=O)CC2CCN(c3ccc([N+](=O)[O-])cc3F)CC2)CC1. The van der Waals surface area contributed by atoms with E-state index in [0.29, 0.717) is 31.1 Å². The number of carbonyl (C=O) groups is 1. The molecule has 2 aliphatic heterocycles. The smallest absolute Gasteiger partial charge is 0.272 e. The van der Waals surface area contributed by atoms with Gasteiger partial charge in [0.15, 0.2) is 5.82 Å². The molecule has 3 rings (SSSR count). The van der Waals surface area contributed by atoms with Gasteiger partial charge in [-0.1, -0.05) is 6.92 Å². The zero-order chi connectivity index (χ0) is 19.4. The van der Waals surface area contributed by atoms with Crippen LogP contribution in [0.25, 0.3) is 0 Å². The summed E-state index contributed by atoms with van der Waals surface area (Å²) in [6.45, 7) is 7.99. The van der Waals surface area contributed by atoms with E-state index < -0.39 is 10.7 Å². The fourth-order valence-corrected chi connectivity index (χ4v) is 3.93. The van der Waals surface area contributed by atoms with Crippen LogP contribution in [0.4, 0.5) is 15.8 Å². The van der Waals surface area contributed by atoms with E-state index in [1.54, 1.807) is 0 Å². The van der Waals surface area contributed by atoms with E-state index >= 15 is 0 Å². The first kappa shape index (κ1) is 19.5. The highest BCUT2D eigenvalue weighted by Crippen LogP contribution is 2.29. The molecular weight excluding hydrogens is 351 g/mol. The largest absolute Gasteiger partial charge is 0.369 e. The Morgan fingerprint density at radius 2 is 1.85 bits per heavy atom. The van der Waals surface area contributed by atoms with E-state index in [4.69, 9.17) is 0 Å². The van der Waals surface area contributed by atoms with E-state index in [-0.39, 0.29) is 11.6 Å². The topological polar surface area (TPSA) is 69.9 Å². The second kappa shape index (κ2) is 8.65. The monoisotopic (exact) mass is 378 g/mol. The number of nitro groups is 1. The third-order valence-corrected chi connectivity index (χ3v) is 5.73. The summed E-state index contributed by atoms with van der Waals surface area (Å²) in [6, 6.07) is 3.79. The maximum absolute atomic E-state index is 14.2. The standard InChI is InChI=1S/C19H27FN4O3/c1-2-21-9-11-23(12-10-21)19(25)13-15-5-7-22(8-6-15)18-4-3-16(24(26)27)14-17(18)20/h3-4,14-15H,2,5-13H2,1H3. The van der Waals surface area contributed by atoms with Gasteiger partial charge in [0, 0.05) is 51.8 Å². The number of hydrogen-bond acceptors (Lipinski definition) is 5. The van der Waals surface area contributed by atoms with Gasteiger partial charge in [-0.2, -0.15) is 0 Å². The second-order valence-electron chi connectivity index (χ2n) is 7.34. The van der Waals surface area contributed by atoms with Gasteiger partial charge in [0.25, 0.3) is 5.69 Å². The molecule has 0 radical (unpaired) electrons. The van der Waals surface area contributed by atoms with Crippen LogP contribution in [0.2, 0.25) is 0 Å². The molecule has 2 heterocycles. The number of nitro benzene ring substituents is 1. The number of halogens is 1. The van der Waals surface area contributed by atoms with Gasteiger partial charge in [0.2, 0.25) is 5.91 Å². The maximum Gasteiger partial charge on any atom is 0.272 e. The highest BCUT2D eigenvalue weighted by molar-refractivity contribution is 5.76. The summed E-state index contributed by atoms with van der Waals surface area (Å²) in [5, 5.41) is 10.7. The molecule has 8 heteroatoms. The van der Waals surface area contributed by atoms with Gasteiger partial charge in [0.05, 0.1) is 16.7 Å². The minimum absolute atomic E-state index is 0.228. The van der Waals surface area contributed by atoms with E-state index in [2.05, 4.69) is 11.8 Å². The molecule has 148 valence electrons. The number of benzene rings is 1. The first-order valence-electron chi connectivity index (χ1n) is 9.67. The van der Waals surface area contributed by atoms with Crippen molar-refractivity contribution < 1.29 is 14.1 Å². The highest BCUT2D eigenvalue weighted by atomic mass is 19.1. The van der Waals surface area contributed by atoms with Gasteiger partial charge < -0.3 is 14.7 Å². The number of amides is 1. The number of piperidine rings is 1. The van der Waals surface area contributed by atoms with E-state index in [1.165, 1.54) is 12.1 Å². The van der Waals surface area contributed by atoms with Crippen molar-refractivity contribution in [2.45, 2.75) is 26.2 Å². The van der Waals surface area contributed by atoms with Crippen molar-refractivity contribution >= 4 is 17.3 Å². The van der Waals surface area contributed by atoms with Crippen molar-refractivity contribution in [2.24, 2.45) is 5.92 Å². The van der Waals surface area contributed by atoms with Crippen LogP contribution in [0.15, 0.2) is 18.2 Å². The summed E-state index contributed by atoms with van der Waals surface area (Å²) in [6.07, 6.45) is 2.22. The van der Waals surface area contributed by atoms with E-state index in [9.17, 15) is 19.3 Å². The van der Waals surface area contributed by atoms with Crippen LogP contribution >= 0.6 is 0 Å². The Labute approximate surface area is 158 Å². The van der Waals surface area contributed by atoms with Crippen LogP contribution in [0.3, 0.4) is 0 Å². The summed E-state index contributed by atoms with van der Waals surface area (Å²) < 4.78 is 14.2. The number of piperazine rings is 1. The normalized spacial score (nSPS) is 19.3. The highest BCUT2D eigenvalue weighted by Gasteiger charge is 2.27. The van der Waals surface area contributed by atoms with Crippen molar-refractivity contribution in [2.75, 3.05) is 50.7 Å². The molecule has 1 aromatic rings. The molecule has 2 saturated heterocycles. The van der Waals surface area contributed by atoms with Gasteiger partial charge in [0.1, 0.15) is 0 Å². The Balaban J connectivity index is 1.49. The zero-order valence-corrected chi connectivity index (χ0v) is 15.8. The van der Waals surface area contributed by atoms with Crippen molar-refractivity contribution in [3.05, 3.63) is 34.1 Å². The molecule has 2 fully saturated rings. The molecule has 0 aromatic heterocycles. The number of hydrogen-bond donors (Lipinski definition) is 0. The number of likely N-dealkylation sites (N-methyl/N-ethyl adjacent to an activating group) is 1. The van der Waals surface area contributed by atoms with Crippen LogP contribution in [-0.4, -0.2) is 66.4 Å². The molecule has 0 bridgehead atoms. The number of nitrogens with zero attached hydrogens (tertiary/aromatic N) is 4. The number of carbonyl (C=O) groups excluding carboxylic acids is 1. The average molecular weight is 378 g/mol. The van der Waals surface area contributed by atoms with Crippen LogP contribution in [0.5, 0.6) is 0 Å². The van der Waals surface area contributed by atoms with Gasteiger partial charge in [-0.25, -0.2) is 4.39 Å². The predicted octanol–water partition coefficient (Wildman–Crippen LogP) is 2.50. The lowest BCUT2D eigenvalue weighted by atomic mass is 9.92. The number of anilines is 1. The van der Waals surface area contributed by atoms with Gasteiger partial charge in [-0.15, -0.1) is 0 Å². The predicted molar refractivity (Wildman–Crippen MR) is 101 cm³/mol. The summed E-state index contributed by atoms with van der Waals surface area (Å²) in [7, 11) is 0. The van der Waals surface area contributed by atoms with E-state index in [1.807, 2.05) is 9.80 Å². The van der Waals surface area contributed by atoms with Crippen LogP contribution < -0.4 is 4.90 Å². The molecular formula is C19H27FN4O3. The second-order valence-corrected chi connectivity index (χ2v) is 7.34. The molecule has 1 amide bonds. The number of non-ortho nitro benzene ring substituents is 1. The Morgan fingerprint density at radius 1 is 1.19 bits per heavy atom. The molecule has 0 unspecified atom stereocenters. The van der Waals surface area contributed by atoms with Gasteiger partial charge >= 0.3 is 0 Å². The fraction of sp³-hybridized carbons (Fsp3) is 0.632. The van der Waals surface area contributed by atoms with Crippen LogP contribution in [-0.2, 0) is 4.79 Å². The van der Waals surface area contributed by atoms with Gasteiger partial charge in [-0.3, -0.25) is 14.9 Å². The first-order chi connectivity index (χ1) is 13.0. The summed E-state index contributed by atoms with van der Waals surface area (Å²) in [5.41, 5.74) is 0.168.